The largest absolute Gasteiger partial charge is 0.376 e. The maximum absolute atomic E-state index is 13.5. The third kappa shape index (κ3) is 4.10. The number of carbonyl (C=O) groups excluding carboxylic acids is 3. The molecule has 174 valence electrons. The molecule has 0 spiro atoms. The lowest BCUT2D eigenvalue weighted by Crippen LogP contribution is -2.56. The van der Waals surface area contributed by atoms with Crippen LogP contribution in [0.15, 0.2) is 18.2 Å². The Kier molecular flexibility index (Phi) is 6.46. The fourth-order valence-electron chi connectivity index (χ4n) is 5.23. The molecule has 0 saturated carbocycles. The normalized spacial score (nSPS) is 26.7. The molecule has 3 heterocycles. The summed E-state index contributed by atoms with van der Waals surface area (Å²) in [7, 11) is 0. The minimum absolute atomic E-state index is 0.0959. The van der Waals surface area contributed by atoms with Crippen LogP contribution < -0.4 is 5.32 Å². The molecular weight excluding hydrogens is 420 g/mol. The second kappa shape index (κ2) is 9.13. The third-order valence-corrected chi connectivity index (χ3v) is 6.90. The Balaban J connectivity index is 1.45. The number of imide groups is 1. The molecule has 0 aromatic heterocycles. The van der Waals surface area contributed by atoms with Gasteiger partial charge in [-0.3, -0.25) is 14.5 Å². The van der Waals surface area contributed by atoms with Crippen LogP contribution in [0.4, 0.5) is 13.6 Å². The molecule has 4 amide bonds. The van der Waals surface area contributed by atoms with Crippen molar-refractivity contribution in [3.05, 3.63) is 35.4 Å². The summed E-state index contributed by atoms with van der Waals surface area (Å²) in [6.45, 7) is 3.65. The van der Waals surface area contributed by atoms with Crippen LogP contribution in [0, 0.1) is 17.6 Å². The molecule has 2 atom stereocenters. The molecule has 3 aliphatic rings. The number of rotatable bonds is 6. The van der Waals surface area contributed by atoms with Gasteiger partial charge < -0.3 is 15.0 Å². The van der Waals surface area contributed by atoms with Gasteiger partial charge in [0.2, 0.25) is 0 Å². The van der Waals surface area contributed by atoms with Crippen LogP contribution in [0.2, 0.25) is 0 Å². The summed E-state index contributed by atoms with van der Waals surface area (Å²) < 4.78 is 32.3. The number of carbonyl (C=O) groups is 3. The summed E-state index contributed by atoms with van der Waals surface area (Å²) in [5.74, 6) is -2.73. The quantitative estimate of drug-likeness (QED) is 0.677. The Bertz CT molecular complexity index is 897. The maximum Gasteiger partial charge on any atom is 0.325 e. The first kappa shape index (κ1) is 22.6. The number of ether oxygens (including phenoxy) is 1. The first-order chi connectivity index (χ1) is 15.4. The van der Waals surface area contributed by atoms with Crippen molar-refractivity contribution in [3.8, 4) is 0 Å². The molecule has 9 heteroatoms. The van der Waals surface area contributed by atoms with Crippen LogP contribution in [0.5, 0.6) is 0 Å². The monoisotopic (exact) mass is 449 g/mol. The van der Waals surface area contributed by atoms with E-state index in [0.717, 1.165) is 31.4 Å². The Hall–Kier alpha value is -2.55. The first-order valence-corrected chi connectivity index (χ1v) is 11.4. The average molecular weight is 449 g/mol. The molecule has 0 bridgehead atoms. The number of amides is 4. The summed E-state index contributed by atoms with van der Waals surface area (Å²) in [4.78, 5) is 41.8. The van der Waals surface area contributed by atoms with Crippen LogP contribution in [0.3, 0.4) is 0 Å². The standard InChI is InChI=1S/C23H29F2N3O4/c1-2-9-23(21(30)28(22(31)26-23)14-17-4-3-12-32-17)16-7-10-27(11-8-16)20(29)15-5-6-18(24)19(25)13-15/h5-6,13,16-17H,2-4,7-12,14H2,1H3,(H,26,31)/t17-,23+/m0/s1. The highest BCUT2D eigenvalue weighted by atomic mass is 19.2. The molecular formula is C23H29F2N3O4. The van der Waals surface area contributed by atoms with Crippen molar-refractivity contribution < 1.29 is 27.9 Å². The van der Waals surface area contributed by atoms with E-state index < -0.39 is 17.2 Å². The zero-order valence-corrected chi connectivity index (χ0v) is 18.2. The zero-order chi connectivity index (χ0) is 22.9. The average Bonchev–Trinajstić information content (AvgIpc) is 3.39. The summed E-state index contributed by atoms with van der Waals surface area (Å²) in [5, 5.41) is 2.99. The second-order valence-electron chi connectivity index (χ2n) is 8.90. The molecule has 1 N–H and O–H groups in total. The van der Waals surface area contributed by atoms with E-state index in [1.807, 2.05) is 6.92 Å². The lowest BCUT2D eigenvalue weighted by Gasteiger charge is -2.41. The van der Waals surface area contributed by atoms with Crippen molar-refractivity contribution in [1.29, 1.82) is 0 Å². The molecule has 4 rings (SSSR count). The highest BCUT2D eigenvalue weighted by Gasteiger charge is 2.55. The van der Waals surface area contributed by atoms with Gasteiger partial charge in [0.05, 0.1) is 12.6 Å². The number of nitrogens with one attached hydrogen (secondary N) is 1. The zero-order valence-electron chi connectivity index (χ0n) is 18.2. The van der Waals surface area contributed by atoms with E-state index in [-0.39, 0.29) is 42.0 Å². The molecule has 3 aliphatic heterocycles. The minimum Gasteiger partial charge on any atom is -0.376 e. The van der Waals surface area contributed by atoms with Crippen molar-refractivity contribution in [3.63, 3.8) is 0 Å². The van der Waals surface area contributed by atoms with E-state index in [4.69, 9.17) is 4.74 Å². The van der Waals surface area contributed by atoms with Crippen molar-refractivity contribution >= 4 is 17.8 Å². The van der Waals surface area contributed by atoms with Gasteiger partial charge in [0.15, 0.2) is 11.6 Å². The van der Waals surface area contributed by atoms with Gasteiger partial charge in [0.25, 0.3) is 11.8 Å². The number of hydrogen-bond donors (Lipinski definition) is 1. The van der Waals surface area contributed by atoms with Gasteiger partial charge in [-0.15, -0.1) is 0 Å². The number of nitrogens with zero attached hydrogens (tertiary/aromatic N) is 2. The molecule has 1 aromatic rings. The van der Waals surface area contributed by atoms with Crippen molar-refractivity contribution in [2.75, 3.05) is 26.2 Å². The van der Waals surface area contributed by atoms with Gasteiger partial charge in [-0.1, -0.05) is 13.3 Å². The molecule has 32 heavy (non-hydrogen) atoms. The predicted octanol–water partition coefficient (Wildman–Crippen LogP) is 3.09. The first-order valence-electron chi connectivity index (χ1n) is 11.4. The Morgan fingerprint density at radius 1 is 1.19 bits per heavy atom. The van der Waals surface area contributed by atoms with Gasteiger partial charge in [0.1, 0.15) is 5.54 Å². The van der Waals surface area contributed by atoms with Crippen LogP contribution in [0.1, 0.15) is 55.8 Å². The van der Waals surface area contributed by atoms with Gasteiger partial charge >= 0.3 is 6.03 Å². The minimum atomic E-state index is -1.06. The Morgan fingerprint density at radius 3 is 2.56 bits per heavy atom. The highest BCUT2D eigenvalue weighted by molar-refractivity contribution is 6.07. The van der Waals surface area contributed by atoms with Crippen molar-refractivity contribution in [2.24, 2.45) is 5.92 Å². The molecule has 1 aromatic carbocycles. The van der Waals surface area contributed by atoms with Gasteiger partial charge in [-0.25, -0.2) is 13.6 Å². The molecule has 3 fully saturated rings. The van der Waals surface area contributed by atoms with Crippen molar-refractivity contribution in [2.45, 2.75) is 57.1 Å². The summed E-state index contributed by atoms with van der Waals surface area (Å²) >= 11 is 0. The van der Waals surface area contributed by atoms with Crippen LogP contribution in [0.25, 0.3) is 0 Å². The van der Waals surface area contributed by atoms with E-state index >= 15 is 0 Å². The number of urea groups is 1. The number of benzene rings is 1. The molecule has 3 saturated heterocycles. The van der Waals surface area contributed by atoms with Crippen LogP contribution in [-0.4, -0.2) is 65.5 Å². The topological polar surface area (TPSA) is 79.0 Å². The Morgan fingerprint density at radius 2 is 1.94 bits per heavy atom. The SMILES string of the molecule is CCC[C@]1(C2CCN(C(=O)c3ccc(F)c(F)c3)CC2)NC(=O)N(C[C@@H]2CCCO2)C1=O. The van der Waals surface area contributed by atoms with E-state index in [0.29, 0.717) is 39.0 Å². The van der Waals surface area contributed by atoms with E-state index in [1.54, 1.807) is 4.90 Å². The summed E-state index contributed by atoms with van der Waals surface area (Å²) in [6, 6.07) is 2.75. The maximum atomic E-state index is 13.5. The van der Waals surface area contributed by atoms with E-state index in [9.17, 15) is 23.2 Å². The lowest BCUT2D eigenvalue weighted by molar-refractivity contribution is -0.135. The summed E-state index contributed by atoms with van der Waals surface area (Å²) in [5.41, 5.74) is -0.875. The molecule has 0 aliphatic carbocycles. The molecule has 0 radical (unpaired) electrons. The number of halogens is 2. The fraction of sp³-hybridized carbons (Fsp3) is 0.609. The highest BCUT2D eigenvalue weighted by Crippen LogP contribution is 2.37. The van der Waals surface area contributed by atoms with E-state index in [1.165, 1.54) is 11.0 Å². The van der Waals surface area contributed by atoms with Gasteiger partial charge in [-0.2, -0.15) is 0 Å². The van der Waals surface area contributed by atoms with E-state index in [2.05, 4.69) is 5.32 Å². The van der Waals surface area contributed by atoms with Crippen LogP contribution >= 0.6 is 0 Å². The smallest absolute Gasteiger partial charge is 0.325 e. The third-order valence-electron chi connectivity index (χ3n) is 6.90. The Labute approximate surface area is 186 Å². The molecule has 7 nitrogen and oxygen atoms in total. The predicted molar refractivity (Wildman–Crippen MR) is 112 cm³/mol. The number of hydrogen-bond acceptors (Lipinski definition) is 4. The molecule has 0 unspecified atom stereocenters. The fourth-order valence-corrected chi connectivity index (χ4v) is 5.23. The van der Waals surface area contributed by atoms with Crippen LogP contribution in [-0.2, 0) is 9.53 Å². The van der Waals surface area contributed by atoms with Gasteiger partial charge in [-0.05, 0) is 56.2 Å². The lowest BCUT2D eigenvalue weighted by atomic mass is 9.74. The second-order valence-corrected chi connectivity index (χ2v) is 8.90. The summed E-state index contributed by atoms with van der Waals surface area (Å²) in [6.07, 6.45) is 3.98. The number of piperidine rings is 1. The number of likely N-dealkylation sites (tertiary alicyclic amines) is 1. The van der Waals surface area contributed by atoms with Gasteiger partial charge in [0, 0.05) is 25.3 Å². The van der Waals surface area contributed by atoms with Crippen molar-refractivity contribution in [1.82, 2.24) is 15.1 Å².